The van der Waals surface area contributed by atoms with E-state index in [0.29, 0.717) is 12.3 Å². The topological polar surface area (TPSA) is 38.3 Å². The van der Waals surface area contributed by atoms with Crippen molar-refractivity contribution in [2.24, 2.45) is 0 Å². The van der Waals surface area contributed by atoms with Crippen LogP contribution in [0.25, 0.3) is 0 Å². The standard InChI is InChI=1S/C10H11ClFNO2/c1-2-15-10(14)6-13-9-4-7(11)3-8(12)5-9/h3-5,13H,2,6H2,1H3. The van der Waals surface area contributed by atoms with Gasteiger partial charge in [-0.2, -0.15) is 0 Å². The number of esters is 1. The van der Waals surface area contributed by atoms with E-state index in [-0.39, 0.29) is 11.6 Å². The molecule has 0 aliphatic rings. The predicted molar refractivity (Wildman–Crippen MR) is 56.5 cm³/mol. The highest BCUT2D eigenvalue weighted by Crippen LogP contribution is 2.17. The molecular formula is C10H11ClFNO2. The molecular weight excluding hydrogens is 221 g/mol. The number of rotatable bonds is 4. The summed E-state index contributed by atoms with van der Waals surface area (Å²) in [6.07, 6.45) is 0. The number of hydrogen-bond acceptors (Lipinski definition) is 3. The van der Waals surface area contributed by atoms with Crippen LogP contribution in [-0.2, 0) is 9.53 Å². The molecule has 0 saturated carbocycles. The number of carbonyl (C=O) groups is 1. The maximum absolute atomic E-state index is 12.9. The zero-order chi connectivity index (χ0) is 11.3. The quantitative estimate of drug-likeness (QED) is 0.809. The van der Waals surface area contributed by atoms with Gasteiger partial charge >= 0.3 is 5.97 Å². The minimum atomic E-state index is -0.450. The summed E-state index contributed by atoms with van der Waals surface area (Å²) < 4.78 is 17.6. The van der Waals surface area contributed by atoms with Gasteiger partial charge in [0.15, 0.2) is 0 Å². The van der Waals surface area contributed by atoms with E-state index in [2.05, 4.69) is 5.32 Å². The molecule has 15 heavy (non-hydrogen) atoms. The van der Waals surface area contributed by atoms with Crippen LogP contribution in [0.1, 0.15) is 6.92 Å². The van der Waals surface area contributed by atoms with Crippen LogP contribution in [0.3, 0.4) is 0 Å². The van der Waals surface area contributed by atoms with Gasteiger partial charge in [-0.15, -0.1) is 0 Å². The van der Waals surface area contributed by atoms with Gasteiger partial charge < -0.3 is 10.1 Å². The first-order valence-corrected chi connectivity index (χ1v) is 4.85. The van der Waals surface area contributed by atoms with Gasteiger partial charge in [0.2, 0.25) is 0 Å². The summed E-state index contributed by atoms with van der Waals surface area (Å²) in [4.78, 5) is 11.0. The second-order valence-electron chi connectivity index (χ2n) is 2.82. The fourth-order valence-electron chi connectivity index (χ4n) is 1.04. The Labute approximate surface area is 92.2 Å². The average molecular weight is 232 g/mol. The van der Waals surface area contributed by atoms with Crippen molar-refractivity contribution in [3.63, 3.8) is 0 Å². The van der Waals surface area contributed by atoms with Crippen molar-refractivity contribution < 1.29 is 13.9 Å². The normalized spacial score (nSPS) is 9.80. The van der Waals surface area contributed by atoms with Crippen LogP contribution in [0.5, 0.6) is 0 Å². The third-order valence-electron chi connectivity index (χ3n) is 1.60. The van der Waals surface area contributed by atoms with Crippen molar-refractivity contribution in [1.82, 2.24) is 0 Å². The van der Waals surface area contributed by atoms with Gasteiger partial charge in [0, 0.05) is 10.7 Å². The molecule has 0 aliphatic heterocycles. The number of ether oxygens (including phenoxy) is 1. The highest BCUT2D eigenvalue weighted by molar-refractivity contribution is 6.30. The third-order valence-corrected chi connectivity index (χ3v) is 1.82. The Morgan fingerprint density at radius 2 is 2.27 bits per heavy atom. The lowest BCUT2D eigenvalue weighted by Gasteiger charge is -2.06. The molecule has 0 bridgehead atoms. The van der Waals surface area contributed by atoms with Crippen LogP contribution in [0.4, 0.5) is 10.1 Å². The van der Waals surface area contributed by atoms with Crippen LogP contribution < -0.4 is 5.32 Å². The zero-order valence-electron chi connectivity index (χ0n) is 8.22. The predicted octanol–water partition coefficient (Wildman–Crippen LogP) is 2.45. The number of nitrogens with one attached hydrogen (secondary N) is 1. The molecule has 0 fully saturated rings. The maximum Gasteiger partial charge on any atom is 0.325 e. The average Bonchev–Trinajstić information content (AvgIpc) is 2.14. The number of anilines is 1. The summed E-state index contributed by atoms with van der Waals surface area (Å²) in [7, 11) is 0. The largest absolute Gasteiger partial charge is 0.465 e. The summed E-state index contributed by atoms with van der Waals surface area (Å²) in [5.74, 6) is -0.841. The molecule has 0 unspecified atom stereocenters. The van der Waals surface area contributed by atoms with Crippen molar-refractivity contribution in [2.75, 3.05) is 18.5 Å². The fourth-order valence-corrected chi connectivity index (χ4v) is 1.26. The highest BCUT2D eigenvalue weighted by atomic mass is 35.5. The third kappa shape index (κ3) is 4.16. The molecule has 0 saturated heterocycles. The zero-order valence-corrected chi connectivity index (χ0v) is 8.97. The summed E-state index contributed by atoms with van der Waals surface area (Å²) in [5.41, 5.74) is 0.452. The van der Waals surface area contributed by atoms with E-state index in [9.17, 15) is 9.18 Å². The Hall–Kier alpha value is -1.29. The van der Waals surface area contributed by atoms with E-state index in [4.69, 9.17) is 16.3 Å². The van der Waals surface area contributed by atoms with Gasteiger partial charge in [0.1, 0.15) is 12.4 Å². The van der Waals surface area contributed by atoms with Gasteiger partial charge in [-0.25, -0.2) is 4.39 Å². The van der Waals surface area contributed by atoms with Gasteiger partial charge in [-0.1, -0.05) is 11.6 Å². The minimum absolute atomic E-state index is 0.00633. The molecule has 0 amide bonds. The van der Waals surface area contributed by atoms with Crippen molar-refractivity contribution >= 4 is 23.3 Å². The fraction of sp³-hybridized carbons (Fsp3) is 0.300. The van der Waals surface area contributed by atoms with Crippen LogP contribution in [0.15, 0.2) is 18.2 Å². The molecule has 0 spiro atoms. The number of hydrogen-bond donors (Lipinski definition) is 1. The summed E-state index contributed by atoms with van der Waals surface area (Å²) >= 11 is 5.63. The first kappa shape index (κ1) is 11.8. The van der Waals surface area contributed by atoms with Gasteiger partial charge in [0.25, 0.3) is 0 Å². The first-order chi connectivity index (χ1) is 7.11. The van der Waals surface area contributed by atoms with Crippen LogP contribution in [-0.4, -0.2) is 19.1 Å². The van der Waals surface area contributed by atoms with E-state index in [1.54, 1.807) is 6.92 Å². The van der Waals surface area contributed by atoms with Gasteiger partial charge in [-0.3, -0.25) is 4.79 Å². The highest BCUT2D eigenvalue weighted by Gasteiger charge is 2.03. The summed E-state index contributed by atoms with van der Waals surface area (Å²) in [6.45, 7) is 2.04. The molecule has 5 heteroatoms. The maximum atomic E-state index is 12.9. The second-order valence-corrected chi connectivity index (χ2v) is 3.25. The lowest BCUT2D eigenvalue weighted by atomic mass is 10.3. The van der Waals surface area contributed by atoms with Crippen LogP contribution >= 0.6 is 11.6 Å². The lowest BCUT2D eigenvalue weighted by molar-refractivity contribution is -0.140. The summed E-state index contributed by atoms with van der Waals surface area (Å²) in [5, 5.41) is 2.99. The second kappa shape index (κ2) is 5.56. The molecule has 0 heterocycles. The Morgan fingerprint density at radius 3 is 2.87 bits per heavy atom. The Balaban J connectivity index is 2.54. The SMILES string of the molecule is CCOC(=O)CNc1cc(F)cc(Cl)c1. The van der Waals surface area contributed by atoms with Crippen molar-refractivity contribution in [1.29, 1.82) is 0 Å². The van der Waals surface area contributed by atoms with E-state index in [1.165, 1.54) is 18.2 Å². The first-order valence-electron chi connectivity index (χ1n) is 4.47. The Bertz CT molecular complexity index is 337. The molecule has 3 nitrogen and oxygen atoms in total. The number of benzene rings is 1. The Kier molecular flexibility index (Phi) is 4.37. The summed E-state index contributed by atoms with van der Waals surface area (Å²) in [6, 6.07) is 3.98. The van der Waals surface area contributed by atoms with Crippen LogP contribution in [0, 0.1) is 5.82 Å². The number of halogens is 2. The number of carbonyl (C=O) groups excluding carboxylic acids is 1. The molecule has 0 radical (unpaired) electrons. The monoisotopic (exact) mass is 231 g/mol. The van der Waals surface area contributed by atoms with Crippen LogP contribution in [0.2, 0.25) is 5.02 Å². The minimum Gasteiger partial charge on any atom is -0.465 e. The van der Waals surface area contributed by atoms with E-state index in [0.717, 1.165) is 0 Å². The van der Waals surface area contributed by atoms with Gasteiger partial charge in [0.05, 0.1) is 6.61 Å². The molecule has 1 N–H and O–H groups in total. The molecule has 1 aromatic rings. The van der Waals surface area contributed by atoms with Crippen molar-refractivity contribution in [3.05, 3.63) is 29.0 Å². The lowest BCUT2D eigenvalue weighted by Crippen LogP contribution is -2.16. The smallest absolute Gasteiger partial charge is 0.325 e. The van der Waals surface area contributed by atoms with E-state index < -0.39 is 11.8 Å². The molecule has 1 rings (SSSR count). The molecule has 82 valence electrons. The van der Waals surface area contributed by atoms with Crippen molar-refractivity contribution in [2.45, 2.75) is 6.92 Å². The molecule has 0 aliphatic carbocycles. The molecule has 0 atom stereocenters. The van der Waals surface area contributed by atoms with E-state index in [1.807, 2.05) is 0 Å². The molecule has 0 aromatic heterocycles. The Morgan fingerprint density at radius 1 is 1.53 bits per heavy atom. The van der Waals surface area contributed by atoms with Gasteiger partial charge in [-0.05, 0) is 25.1 Å². The van der Waals surface area contributed by atoms with E-state index >= 15 is 0 Å². The van der Waals surface area contributed by atoms with Crippen molar-refractivity contribution in [3.8, 4) is 0 Å². The molecule has 1 aromatic carbocycles.